The van der Waals surface area contributed by atoms with Crippen molar-refractivity contribution in [1.82, 2.24) is 14.8 Å². The molecule has 0 aliphatic heterocycles. The molecule has 0 atom stereocenters. The van der Waals surface area contributed by atoms with Crippen LogP contribution in [0.4, 0.5) is 5.82 Å². The van der Waals surface area contributed by atoms with Crippen molar-refractivity contribution >= 4 is 21.7 Å². The van der Waals surface area contributed by atoms with Crippen molar-refractivity contribution in [3.05, 3.63) is 34.7 Å². The molecule has 2 aromatic rings. The van der Waals surface area contributed by atoms with Gasteiger partial charge in [0.2, 0.25) is 0 Å². The van der Waals surface area contributed by atoms with E-state index in [-0.39, 0.29) is 0 Å². The summed E-state index contributed by atoms with van der Waals surface area (Å²) in [5.41, 5.74) is 7.58. The van der Waals surface area contributed by atoms with Crippen molar-refractivity contribution in [3.63, 3.8) is 0 Å². The smallest absolute Gasteiger partial charge is 0.137 e. The highest BCUT2D eigenvalue weighted by Gasteiger charge is 2.02. The van der Waals surface area contributed by atoms with Gasteiger partial charge in [0.1, 0.15) is 5.82 Å². The fourth-order valence-electron chi connectivity index (χ4n) is 1.12. The summed E-state index contributed by atoms with van der Waals surface area (Å²) >= 11 is 3.32. The Morgan fingerprint density at radius 1 is 1.43 bits per heavy atom. The lowest BCUT2D eigenvalue weighted by molar-refractivity contribution is 0.873. The quantitative estimate of drug-likeness (QED) is 0.844. The fourth-order valence-corrected chi connectivity index (χ4v) is 1.45. The molecule has 72 valence electrons. The van der Waals surface area contributed by atoms with Crippen LogP contribution in [0.15, 0.2) is 29.1 Å². The van der Waals surface area contributed by atoms with E-state index in [4.69, 9.17) is 5.73 Å². The Balaban J connectivity index is 2.47. The van der Waals surface area contributed by atoms with E-state index in [9.17, 15) is 0 Å². The second kappa shape index (κ2) is 3.42. The van der Waals surface area contributed by atoms with Crippen molar-refractivity contribution in [2.45, 2.75) is 6.92 Å². The van der Waals surface area contributed by atoms with Crippen molar-refractivity contribution < 1.29 is 0 Å². The fraction of sp³-hybridized carbons (Fsp3) is 0.111. The second-order valence-electron chi connectivity index (χ2n) is 3.02. The molecule has 2 heterocycles. The summed E-state index contributed by atoms with van der Waals surface area (Å²) in [6.07, 6.45) is 5.41. The minimum atomic E-state index is 0.484. The number of aryl methyl sites for hydroxylation is 1. The predicted molar refractivity (Wildman–Crippen MR) is 58.2 cm³/mol. The number of hydrogen-bond acceptors (Lipinski definition) is 3. The van der Waals surface area contributed by atoms with E-state index < -0.39 is 0 Å². The second-order valence-corrected chi connectivity index (χ2v) is 3.88. The number of anilines is 1. The van der Waals surface area contributed by atoms with Crippen LogP contribution in [-0.4, -0.2) is 14.8 Å². The molecule has 0 saturated carbocycles. The van der Waals surface area contributed by atoms with Gasteiger partial charge in [-0.15, -0.1) is 0 Å². The predicted octanol–water partition coefficient (Wildman–Crippen LogP) is 1.92. The third-order valence-corrected chi connectivity index (χ3v) is 2.47. The van der Waals surface area contributed by atoms with Crippen LogP contribution in [0.2, 0.25) is 0 Å². The number of aromatic nitrogens is 3. The van der Waals surface area contributed by atoms with Crippen LogP contribution in [-0.2, 0) is 0 Å². The lowest BCUT2D eigenvalue weighted by Crippen LogP contribution is -1.98. The van der Waals surface area contributed by atoms with Crippen LogP contribution in [0.25, 0.3) is 5.69 Å². The highest BCUT2D eigenvalue weighted by atomic mass is 79.9. The number of rotatable bonds is 1. The molecule has 0 aliphatic carbocycles. The maximum Gasteiger partial charge on any atom is 0.137 e. The Hall–Kier alpha value is -1.36. The van der Waals surface area contributed by atoms with E-state index in [0.717, 1.165) is 15.7 Å². The van der Waals surface area contributed by atoms with Gasteiger partial charge in [0.05, 0.1) is 22.6 Å². The number of hydrogen-bond donors (Lipinski definition) is 1. The van der Waals surface area contributed by atoms with E-state index in [1.165, 1.54) is 0 Å². The normalized spacial score (nSPS) is 10.4. The van der Waals surface area contributed by atoms with Crippen LogP contribution in [0.1, 0.15) is 5.56 Å². The number of nitrogens with two attached hydrogens (primary N) is 1. The zero-order chi connectivity index (χ0) is 10.1. The van der Waals surface area contributed by atoms with E-state index in [0.29, 0.717) is 5.82 Å². The topological polar surface area (TPSA) is 56.7 Å². The number of nitrogen functional groups attached to an aromatic ring is 1. The van der Waals surface area contributed by atoms with Gasteiger partial charge in [-0.2, -0.15) is 5.10 Å². The minimum Gasteiger partial charge on any atom is -0.383 e. The van der Waals surface area contributed by atoms with Gasteiger partial charge in [-0.3, -0.25) is 0 Å². The van der Waals surface area contributed by atoms with Gasteiger partial charge in [0, 0.05) is 6.20 Å². The Morgan fingerprint density at radius 3 is 2.79 bits per heavy atom. The Morgan fingerprint density at radius 2 is 2.21 bits per heavy atom. The molecular formula is C9H9BrN4. The SMILES string of the molecule is Cc1cnn(-c2cnc(N)c(Br)c2)c1. The summed E-state index contributed by atoms with van der Waals surface area (Å²) in [6, 6.07) is 1.88. The lowest BCUT2D eigenvalue weighted by atomic mass is 10.4. The standard InChI is InChI=1S/C9H9BrN4/c1-6-3-13-14(5-6)7-2-8(10)9(11)12-4-7/h2-5H,1H3,(H2,11,12). The summed E-state index contributed by atoms with van der Waals surface area (Å²) in [6.45, 7) is 1.99. The summed E-state index contributed by atoms with van der Waals surface area (Å²) < 4.78 is 2.54. The molecule has 2 N–H and O–H groups in total. The molecule has 4 nitrogen and oxygen atoms in total. The van der Waals surface area contributed by atoms with Crippen molar-refractivity contribution in [1.29, 1.82) is 0 Å². The molecule has 0 radical (unpaired) electrons. The van der Waals surface area contributed by atoms with Gasteiger partial charge >= 0.3 is 0 Å². The third-order valence-electron chi connectivity index (χ3n) is 1.83. The molecule has 0 amide bonds. The Bertz CT molecular complexity index is 464. The van der Waals surface area contributed by atoms with Crippen molar-refractivity contribution in [3.8, 4) is 5.69 Å². The summed E-state index contributed by atoms with van der Waals surface area (Å²) in [5, 5.41) is 4.17. The van der Waals surface area contributed by atoms with E-state index in [2.05, 4.69) is 26.0 Å². The van der Waals surface area contributed by atoms with E-state index in [1.54, 1.807) is 17.1 Å². The van der Waals surface area contributed by atoms with Crippen LogP contribution < -0.4 is 5.73 Å². The van der Waals surface area contributed by atoms with E-state index in [1.807, 2.05) is 19.2 Å². The van der Waals surface area contributed by atoms with Gasteiger partial charge in [-0.25, -0.2) is 9.67 Å². The van der Waals surface area contributed by atoms with Gasteiger partial charge < -0.3 is 5.73 Å². The first-order valence-electron chi connectivity index (χ1n) is 4.09. The first kappa shape index (κ1) is 9.21. The lowest BCUT2D eigenvalue weighted by Gasteiger charge is -2.02. The highest BCUT2D eigenvalue weighted by molar-refractivity contribution is 9.10. The van der Waals surface area contributed by atoms with Crippen LogP contribution in [0, 0.1) is 6.92 Å². The molecule has 0 spiro atoms. The van der Waals surface area contributed by atoms with Crippen LogP contribution in [0.3, 0.4) is 0 Å². The van der Waals surface area contributed by atoms with Crippen LogP contribution >= 0.6 is 15.9 Å². The third kappa shape index (κ3) is 1.63. The first-order valence-corrected chi connectivity index (χ1v) is 4.89. The Kier molecular flexibility index (Phi) is 2.25. The minimum absolute atomic E-state index is 0.484. The number of halogens is 1. The largest absolute Gasteiger partial charge is 0.383 e. The molecule has 0 unspecified atom stereocenters. The molecule has 2 aromatic heterocycles. The zero-order valence-electron chi connectivity index (χ0n) is 7.61. The van der Waals surface area contributed by atoms with E-state index >= 15 is 0 Å². The number of pyridine rings is 1. The van der Waals surface area contributed by atoms with Crippen LogP contribution in [0.5, 0.6) is 0 Å². The summed E-state index contributed by atoms with van der Waals surface area (Å²) in [7, 11) is 0. The van der Waals surface area contributed by atoms with Gasteiger partial charge in [-0.1, -0.05) is 0 Å². The van der Waals surface area contributed by atoms with Gasteiger partial charge in [0.15, 0.2) is 0 Å². The molecule has 5 heteroatoms. The monoisotopic (exact) mass is 252 g/mol. The van der Waals surface area contributed by atoms with Gasteiger partial charge in [-0.05, 0) is 34.5 Å². The number of nitrogens with zero attached hydrogens (tertiary/aromatic N) is 3. The molecule has 0 aliphatic rings. The molecule has 14 heavy (non-hydrogen) atoms. The summed E-state index contributed by atoms with van der Waals surface area (Å²) in [5.74, 6) is 0.484. The van der Waals surface area contributed by atoms with Crippen molar-refractivity contribution in [2.24, 2.45) is 0 Å². The highest BCUT2D eigenvalue weighted by Crippen LogP contribution is 2.19. The molecule has 2 rings (SSSR count). The molecule has 0 saturated heterocycles. The van der Waals surface area contributed by atoms with Gasteiger partial charge in [0.25, 0.3) is 0 Å². The molecule has 0 fully saturated rings. The maximum absolute atomic E-state index is 5.58. The average molecular weight is 253 g/mol. The summed E-state index contributed by atoms with van der Waals surface area (Å²) in [4.78, 5) is 4.03. The molecule has 0 aromatic carbocycles. The zero-order valence-corrected chi connectivity index (χ0v) is 9.19. The molecular weight excluding hydrogens is 244 g/mol. The maximum atomic E-state index is 5.58. The molecule has 0 bridgehead atoms. The van der Waals surface area contributed by atoms with Crippen molar-refractivity contribution in [2.75, 3.05) is 5.73 Å². The Labute approximate surface area is 89.9 Å². The average Bonchev–Trinajstić information content (AvgIpc) is 2.57. The first-order chi connectivity index (χ1) is 6.66.